The Morgan fingerprint density at radius 2 is 1.76 bits per heavy atom. The Bertz CT molecular complexity index is 1890. The van der Waals surface area contributed by atoms with Crippen LogP contribution in [0.4, 0.5) is 5.82 Å². The first-order chi connectivity index (χ1) is 17.9. The molecule has 3 heterocycles. The van der Waals surface area contributed by atoms with E-state index in [2.05, 4.69) is 9.97 Å². The molecule has 6 aromatic rings. The number of nitrogen functional groups attached to an aromatic ring is 1. The lowest BCUT2D eigenvalue weighted by Gasteiger charge is -2.15. The molecule has 0 radical (unpaired) electrons. The Labute approximate surface area is 211 Å². The molecule has 3 N–H and O–H groups in total. The first-order valence-corrected chi connectivity index (χ1v) is 11.8. The van der Waals surface area contributed by atoms with Gasteiger partial charge in [0.05, 0.1) is 22.0 Å². The summed E-state index contributed by atoms with van der Waals surface area (Å²) in [5, 5.41) is 16.0. The lowest BCUT2D eigenvalue weighted by molar-refractivity contribution is 0.475. The molecule has 3 aromatic carbocycles. The van der Waals surface area contributed by atoms with E-state index in [4.69, 9.17) is 15.8 Å². The van der Waals surface area contributed by atoms with E-state index in [9.17, 15) is 9.90 Å². The zero-order valence-electron chi connectivity index (χ0n) is 20.3. The summed E-state index contributed by atoms with van der Waals surface area (Å²) >= 11 is 0. The van der Waals surface area contributed by atoms with E-state index in [1.807, 2.05) is 62.4 Å². The van der Waals surface area contributed by atoms with E-state index in [0.29, 0.717) is 39.0 Å². The summed E-state index contributed by atoms with van der Waals surface area (Å²) in [6.45, 7) is 4.04. The van der Waals surface area contributed by atoms with Crippen LogP contribution in [-0.4, -0.2) is 34.4 Å². The Morgan fingerprint density at radius 3 is 2.57 bits per heavy atom. The van der Waals surface area contributed by atoms with Crippen molar-refractivity contribution >= 4 is 27.8 Å². The van der Waals surface area contributed by atoms with Crippen molar-refractivity contribution in [1.29, 1.82) is 0 Å². The third-order valence-electron chi connectivity index (χ3n) is 6.40. The van der Waals surface area contributed by atoms with E-state index in [1.54, 1.807) is 27.4 Å². The van der Waals surface area contributed by atoms with Crippen LogP contribution in [0.2, 0.25) is 0 Å². The van der Waals surface area contributed by atoms with Crippen LogP contribution in [0.5, 0.6) is 5.75 Å². The van der Waals surface area contributed by atoms with Crippen LogP contribution in [0, 0.1) is 13.8 Å². The molecule has 0 bridgehead atoms. The molecule has 182 valence electrons. The van der Waals surface area contributed by atoms with Crippen molar-refractivity contribution in [2.45, 2.75) is 20.4 Å². The van der Waals surface area contributed by atoms with E-state index < -0.39 is 0 Å². The van der Waals surface area contributed by atoms with Gasteiger partial charge in [-0.05, 0) is 55.3 Å². The minimum absolute atomic E-state index is 0.107. The summed E-state index contributed by atoms with van der Waals surface area (Å²) in [5.41, 5.74) is 11.0. The zero-order valence-corrected chi connectivity index (χ0v) is 20.3. The van der Waals surface area contributed by atoms with Crippen LogP contribution in [0.1, 0.15) is 17.0 Å². The standard InChI is InChI=1S/C28H23N7O2/c1-16-6-3-9-19(12-16)35-22(32-21-11-4-7-17(2)23(21)28(35)37)14-34-27-24(26(29)30-15-31-27)25(33-34)18-8-5-10-20(36)13-18/h3-13,15,36H,14H2,1-2H3,(H2,29,30,31). The Balaban J connectivity index is 1.62. The Morgan fingerprint density at radius 1 is 0.946 bits per heavy atom. The number of nitrogens with zero attached hydrogens (tertiary/aromatic N) is 6. The molecule has 0 saturated heterocycles. The molecule has 0 aliphatic heterocycles. The van der Waals surface area contributed by atoms with Gasteiger partial charge in [-0.1, -0.05) is 36.4 Å². The molecule has 3 aromatic heterocycles. The maximum absolute atomic E-state index is 13.9. The van der Waals surface area contributed by atoms with Crippen molar-refractivity contribution in [3.63, 3.8) is 0 Å². The molecule has 9 nitrogen and oxygen atoms in total. The van der Waals surface area contributed by atoms with Crippen molar-refractivity contribution in [3.05, 3.63) is 100 Å². The molecular formula is C28H23N7O2. The van der Waals surface area contributed by atoms with Crippen molar-refractivity contribution < 1.29 is 5.11 Å². The summed E-state index contributed by atoms with van der Waals surface area (Å²) in [5.74, 6) is 0.876. The number of aromatic hydroxyl groups is 1. The van der Waals surface area contributed by atoms with Crippen LogP contribution in [0.15, 0.2) is 77.9 Å². The first-order valence-electron chi connectivity index (χ1n) is 11.8. The normalized spacial score (nSPS) is 11.4. The number of fused-ring (bicyclic) bond motifs is 2. The molecule has 0 amide bonds. The van der Waals surface area contributed by atoms with E-state index >= 15 is 0 Å². The van der Waals surface area contributed by atoms with Gasteiger partial charge in [-0.15, -0.1) is 0 Å². The second-order valence-corrected chi connectivity index (χ2v) is 8.99. The van der Waals surface area contributed by atoms with Gasteiger partial charge in [0, 0.05) is 5.56 Å². The van der Waals surface area contributed by atoms with Crippen LogP contribution in [-0.2, 0) is 6.54 Å². The minimum atomic E-state index is -0.150. The highest BCUT2D eigenvalue weighted by atomic mass is 16.3. The lowest BCUT2D eigenvalue weighted by atomic mass is 10.1. The predicted octanol–water partition coefficient (Wildman–Crippen LogP) is 4.15. The van der Waals surface area contributed by atoms with Gasteiger partial charge in [-0.25, -0.2) is 19.6 Å². The van der Waals surface area contributed by atoms with Gasteiger partial charge in [-0.3, -0.25) is 9.36 Å². The zero-order chi connectivity index (χ0) is 25.7. The molecule has 0 fully saturated rings. The average Bonchev–Trinajstić information content (AvgIpc) is 3.24. The highest BCUT2D eigenvalue weighted by molar-refractivity contribution is 5.98. The van der Waals surface area contributed by atoms with Gasteiger partial charge >= 0.3 is 0 Å². The van der Waals surface area contributed by atoms with Crippen LogP contribution >= 0.6 is 0 Å². The van der Waals surface area contributed by atoms with Crippen molar-refractivity contribution in [3.8, 4) is 22.7 Å². The fraction of sp³-hybridized carbons (Fsp3) is 0.107. The molecule has 9 heteroatoms. The number of phenols is 1. The third-order valence-corrected chi connectivity index (χ3v) is 6.40. The van der Waals surface area contributed by atoms with Crippen LogP contribution < -0.4 is 11.3 Å². The third kappa shape index (κ3) is 3.77. The quantitative estimate of drug-likeness (QED) is 0.381. The summed E-state index contributed by atoms with van der Waals surface area (Å²) < 4.78 is 3.30. The molecule has 0 aliphatic rings. The van der Waals surface area contributed by atoms with Crippen molar-refractivity contribution in [2.24, 2.45) is 0 Å². The largest absolute Gasteiger partial charge is 0.508 e. The first kappa shape index (κ1) is 22.4. The van der Waals surface area contributed by atoms with Gasteiger partial charge < -0.3 is 10.8 Å². The molecule has 0 saturated carbocycles. The number of hydrogen-bond acceptors (Lipinski definition) is 7. The summed E-state index contributed by atoms with van der Waals surface area (Å²) in [4.78, 5) is 27.4. The fourth-order valence-corrected chi connectivity index (χ4v) is 4.71. The lowest BCUT2D eigenvalue weighted by Crippen LogP contribution is -2.26. The summed E-state index contributed by atoms with van der Waals surface area (Å²) in [7, 11) is 0. The van der Waals surface area contributed by atoms with Gasteiger partial charge in [0.15, 0.2) is 5.65 Å². The van der Waals surface area contributed by atoms with Gasteiger partial charge in [0.25, 0.3) is 5.56 Å². The maximum Gasteiger partial charge on any atom is 0.266 e. The number of aromatic nitrogens is 6. The Kier molecular flexibility index (Phi) is 5.19. The molecule has 0 spiro atoms. The average molecular weight is 490 g/mol. The SMILES string of the molecule is Cc1cccc(-n2c(Cn3nc(-c4cccc(O)c4)c4c(N)ncnc43)nc3cccc(C)c3c2=O)c1. The van der Waals surface area contributed by atoms with E-state index in [0.717, 1.165) is 16.8 Å². The number of anilines is 1. The monoisotopic (exact) mass is 489 g/mol. The van der Waals surface area contributed by atoms with Gasteiger partial charge in [0.1, 0.15) is 36.0 Å². The number of rotatable bonds is 4. The Hall–Kier alpha value is -5.05. The molecule has 6 rings (SSSR count). The van der Waals surface area contributed by atoms with E-state index in [1.165, 1.54) is 6.33 Å². The predicted molar refractivity (Wildman–Crippen MR) is 143 cm³/mol. The molecule has 0 atom stereocenters. The smallest absolute Gasteiger partial charge is 0.266 e. The molecule has 0 aliphatic carbocycles. The molecular weight excluding hydrogens is 466 g/mol. The van der Waals surface area contributed by atoms with Gasteiger partial charge in [0.2, 0.25) is 0 Å². The highest BCUT2D eigenvalue weighted by Gasteiger charge is 2.21. The number of benzene rings is 3. The second kappa shape index (κ2) is 8.56. The topological polar surface area (TPSA) is 125 Å². The molecule has 0 unspecified atom stereocenters. The second-order valence-electron chi connectivity index (χ2n) is 8.99. The van der Waals surface area contributed by atoms with Gasteiger partial charge in [-0.2, -0.15) is 5.10 Å². The number of nitrogens with two attached hydrogens (primary N) is 1. The van der Waals surface area contributed by atoms with Crippen molar-refractivity contribution in [2.75, 3.05) is 5.73 Å². The fourth-order valence-electron chi connectivity index (χ4n) is 4.71. The van der Waals surface area contributed by atoms with Crippen molar-refractivity contribution in [1.82, 2.24) is 29.3 Å². The highest BCUT2D eigenvalue weighted by Crippen LogP contribution is 2.32. The molecule has 37 heavy (non-hydrogen) atoms. The van der Waals surface area contributed by atoms with E-state index in [-0.39, 0.29) is 23.7 Å². The number of phenolic OH excluding ortho intramolecular Hbond substituents is 1. The van der Waals surface area contributed by atoms with Crippen LogP contribution in [0.25, 0.3) is 38.9 Å². The van der Waals surface area contributed by atoms with Crippen LogP contribution in [0.3, 0.4) is 0 Å². The number of aryl methyl sites for hydroxylation is 2. The maximum atomic E-state index is 13.9. The minimum Gasteiger partial charge on any atom is -0.508 e. The summed E-state index contributed by atoms with van der Waals surface area (Å²) in [6.07, 6.45) is 1.38. The number of hydrogen-bond donors (Lipinski definition) is 2. The summed E-state index contributed by atoms with van der Waals surface area (Å²) in [6, 6.07) is 20.2.